The van der Waals surface area contributed by atoms with E-state index in [-0.39, 0.29) is 23.4 Å². The normalized spacial score (nSPS) is 22.4. The van der Waals surface area contributed by atoms with Gasteiger partial charge in [-0.25, -0.2) is 13.2 Å². The molecule has 1 unspecified atom stereocenters. The van der Waals surface area contributed by atoms with Crippen molar-refractivity contribution < 1.29 is 26.3 Å². The Kier molecular flexibility index (Phi) is 8.20. The quantitative estimate of drug-likeness (QED) is 0.209. The summed E-state index contributed by atoms with van der Waals surface area (Å²) in [5.74, 6) is 6.90. The van der Waals surface area contributed by atoms with E-state index in [2.05, 4.69) is 22.5 Å². The van der Waals surface area contributed by atoms with E-state index in [0.29, 0.717) is 61.3 Å². The van der Waals surface area contributed by atoms with Gasteiger partial charge in [0.2, 0.25) is 0 Å². The molecule has 1 saturated carbocycles. The predicted octanol–water partition coefficient (Wildman–Crippen LogP) is 6.67. The molecule has 3 aromatic rings. The molecule has 0 bridgehead atoms. The Labute approximate surface area is 242 Å². The van der Waals surface area contributed by atoms with E-state index < -0.39 is 32.1 Å². The second kappa shape index (κ2) is 11.4. The first-order valence-electron chi connectivity index (χ1n) is 13.2. The van der Waals surface area contributed by atoms with Crippen molar-refractivity contribution in [2.75, 3.05) is 35.8 Å². The lowest BCUT2D eigenvalue weighted by Crippen LogP contribution is -2.31. The number of rotatable bonds is 8. The Morgan fingerprint density at radius 2 is 1.88 bits per heavy atom. The Morgan fingerprint density at radius 1 is 1.15 bits per heavy atom. The number of benzene rings is 2. The fourth-order valence-corrected chi connectivity index (χ4v) is 9.34. The van der Waals surface area contributed by atoms with Crippen LogP contribution in [0.2, 0.25) is 0 Å². The summed E-state index contributed by atoms with van der Waals surface area (Å²) < 4.78 is 87.7. The van der Waals surface area contributed by atoms with E-state index in [4.69, 9.17) is 14.3 Å². The molecule has 1 aromatic heterocycles. The van der Waals surface area contributed by atoms with Gasteiger partial charge in [0.05, 0.1) is 55.7 Å². The average molecular weight is 625 g/mol. The standard InChI is InChI=1S/C28H31F3N4O3S3/c1-38-25-16-20(41(33,37)19-7-8-19)9-10-23(25)34-13-3-6-26-22(17-28(29,30)31)21-4-2-5-24(27(21)39-26)35-18-11-14-40(32,36)15-12-18/h2,4-5,9-10,16,18-19,32-35H,7-8,11-15,17H2,1H3. The summed E-state index contributed by atoms with van der Waals surface area (Å²) in [6.07, 6.45) is -2.80. The Balaban J connectivity index is 1.37. The first kappa shape index (κ1) is 29.5. The topological polar surface area (TPSA) is 115 Å². The molecule has 2 aliphatic rings. The van der Waals surface area contributed by atoms with Crippen molar-refractivity contribution in [1.82, 2.24) is 0 Å². The predicted molar refractivity (Wildman–Crippen MR) is 159 cm³/mol. The number of anilines is 2. The molecule has 0 radical (unpaired) electrons. The van der Waals surface area contributed by atoms with E-state index in [0.717, 1.165) is 12.8 Å². The Morgan fingerprint density at radius 3 is 2.54 bits per heavy atom. The SMILES string of the molecule is COc1cc(S(=N)(=O)C2CC2)ccc1NCC#Cc1sc2c(NC3CCS(=N)(=O)CC3)cccc2c1CC(F)(F)F. The minimum absolute atomic E-state index is 0.00138. The molecule has 1 atom stereocenters. The monoisotopic (exact) mass is 624 g/mol. The maximum Gasteiger partial charge on any atom is 0.393 e. The highest BCUT2D eigenvalue weighted by atomic mass is 32.2. The van der Waals surface area contributed by atoms with Gasteiger partial charge in [-0.15, -0.1) is 11.3 Å². The summed E-state index contributed by atoms with van der Waals surface area (Å²) in [5.41, 5.74) is 1.44. The number of halogens is 3. The molecule has 1 aliphatic carbocycles. The zero-order chi connectivity index (χ0) is 29.4. The van der Waals surface area contributed by atoms with Crippen LogP contribution < -0.4 is 15.4 Å². The summed E-state index contributed by atoms with van der Waals surface area (Å²) in [6, 6.07) is 10.2. The molecular weight excluding hydrogens is 594 g/mol. The number of hydrogen-bond donors (Lipinski definition) is 4. The van der Waals surface area contributed by atoms with Gasteiger partial charge in [-0.1, -0.05) is 24.0 Å². The summed E-state index contributed by atoms with van der Waals surface area (Å²) >= 11 is 1.21. The highest BCUT2D eigenvalue weighted by molar-refractivity contribution is 7.93. The smallest absolute Gasteiger partial charge is 0.393 e. The summed E-state index contributed by atoms with van der Waals surface area (Å²) in [4.78, 5) is 0.758. The molecule has 2 fully saturated rings. The molecule has 220 valence electrons. The molecule has 0 amide bonds. The fraction of sp³-hybridized carbons (Fsp3) is 0.429. The van der Waals surface area contributed by atoms with Crippen LogP contribution >= 0.6 is 11.3 Å². The zero-order valence-electron chi connectivity index (χ0n) is 22.4. The highest BCUT2D eigenvalue weighted by Crippen LogP contribution is 2.40. The lowest BCUT2D eigenvalue weighted by atomic mass is 10.1. The van der Waals surface area contributed by atoms with Gasteiger partial charge in [0.1, 0.15) is 5.75 Å². The fourth-order valence-electron chi connectivity index (χ4n) is 4.90. The number of methoxy groups -OCH3 is 1. The van der Waals surface area contributed by atoms with Crippen molar-refractivity contribution in [3.05, 3.63) is 46.8 Å². The van der Waals surface area contributed by atoms with Crippen LogP contribution in [0.3, 0.4) is 0 Å². The third kappa shape index (κ3) is 6.93. The summed E-state index contributed by atoms with van der Waals surface area (Å²) in [5, 5.41) is 6.89. The van der Waals surface area contributed by atoms with Crippen molar-refractivity contribution in [3.8, 4) is 17.6 Å². The van der Waals surface area contributed by atoms with Crippen molar-refractivity contribution >= 4 is 52.3 Å². The minimum Gasteiger partial charge on any atom is -0.495 e. The largest absolute Gasteiger partial charge is 0.495 e. The molecule has 13 heteroatoms. The van der Waals surface area contributed by atoms with Crippen LogP contribution in [0, 0.1) is 21.4 Å². The van der Waals surface area contributed by atoms with Gasteiger partial charge < -0.3 is 15.4 Å². The van der Waals surface area contributed by atoms with Gasteiger partial charge >= 0.3 is 6.18 Å². The third-order valence-corrected chi connectivity index (χ3v) is 12.6. The van der Waals surface area contributed by atoms with Crippen LogP contribution in [0.15, 0.2) is 41.3 Å². The van der Waals surface area contributed by atoms with Crippen molar-refractivity contribution in [2.24, 2.45) is 0 Å². The van der Waals surface area contributed by atoms with Crippen LogP contribution in [0.5, 0.6) is 5.75 Å². The van der Waals surface area contributed by atoms with Crippen LogP contribution in [0.1, 0.15) is 36.1 Å². The second-order valence-electron chi connectivity index (χ2n) is 10.3. The van der Waals surface area contributed by atoms with Crippen molar-refractivity contribution in [2.45, 2.75) is 54.5 Å². The van der Waals surface area contributed by atoms with E-state index in [1.165, 1.54) is 18.4 Å². The molecule has 41 heavy (non-hydrogen) atoms. The number of alkyl halides is 3. The van der Waals surface area contributed by atoms with E-state index in [1.807, 2.05) is 6.07 Å². The molecular formula is C28H31F3N4O3S3. The van der Waals surface area contributed by atoms with Crippen molar-refractivity contribution in [3.63, 3.8) is 0 Å². The molecule has 0 spiro atoms. The number of hydrogen-bond acceptors (Lipinski definition) is 8. The van der Waals surface area contributed by atoms with Crippen LogP contribution in [-0.2, 0) is 25.9 Å². The number of thiophene rings is 1. The van der Waals surface area contributed by atoms with Gasteiger partial charge in [0.15, 0.2) is 0 Å². The zero-order valence-corrected chi connectivity index (χ0v) is 24.8. The maximum atomic E-state index is 13.6. The van der Waals surface area contributed by atoms with Gasteiger partial charge in [0.25, 0.3) is 0 Å². The maximum absolute atomic E-state index is 13.6. The molecule has 1 aliphatic heterocycles. The lowest BCUT2D eigenvalue weighted by Gasteiger charge is -2.25. The van der Waals surface area contributed by atoms with Gasteiger partial charge in [-0.05, 0) is 60.9 Å². The van der Waals surface area contributed by atoms with Gasteiger partial charge in [-0.3, -0.25) is 4.78 Å². The molecule has 5 rings (SSSR count). The van der Waals surface area contributed by atoms with E-state index >= 15 is 0 Å². The van der Waals surface area contributed by atoms with Crippen LogP contribution in [-0.4, -0.2) is 51.0 Å². The van der Waals surface area contributed by atoms with Gasteiger partial charge in [0, 0.05) is 32.5 Å². The molecule has 2 aromatic carbocycles. The Bertz CT molecular complexity index is 1720. The highest BCUT2D eigenvalue weighted by Gasteiger charge is 2.34. The number of nitrogens with one attached hydrogen (secondary N) is 4. The lowest BCUT2D eigenvalue weighted by molar-refractivity contribution is -0.126. The first-order chi connectivity index (χ1) is 19.4. The number of fused-ring (bicyclic) bond motifs is 1. The average Bonchev–Trinajstić information content (AvgIpc) is 3.72. The first-order valence-corrected chi connectivity index (χ1v) is 17.5. The summed E-state index contributed by atoms with van der Waals surface area (Å²) in [6.45, 7) is 0.133. The van der Waals surface area contributed by atoms with Crippen molar-refractivity contribution in [1.29, 1.82) is 9.56 Å². The number of ether oxygens (including phenoxy) is 1. The summed E-state index contributed by atoms with van der Waals surface area (Å²) in [7, 11) is -3.94. The second-order valence-corrected chi connectivity index (χ2v) is 16.1. The molecule has 2 heterocycles. The molecule has 7 nitrogen and oxygen atoms in total. The third-order valence-electron chi connectivity index (χ3n) is 7.23. The van der Waals surface area contributed by atoms with Gasteiger partial charge in [-0.2, -0.15) is 13.2 Å². The van der Waals surface area contributed by atoms with E-state index in [9.17, 15) is 21.6 Å². The van der Waals surface area contributed by atoms with Crippen LogP contribution in [0.25, 0.3) is 10.1 Å². The minimum atomic E-state index is -4.41. The molecule has 4 N–H and O–H groups in total. The van der Waals surface area contributed by atoms with Crippen LogP contribution in [0.4, 0.5) is 24.5 Å². The Hall–Kier alpha value is -2.95. The molecule has 1 saturated heterocycles. The van der Waals surface area contributed by atoms with E-state index in [1.54, 1.807) is 30.3 Å².